The first kappa shape index (κ1) is 13.8. The van der Waals surface area contributed by atoms with Gasteiger partial charge in [0.2, 0.25) is 5.82 Å². The van der Waals surface area contributed by atoms with E-state index in [-0.39, 0.29) is 5.82 Å². The standard InChI is InChI=1S/C16H15N5O/c17-15(22)16-19-14(10-12-6-2-1-3-7-12)21(20-16)13-8-4-5-9-18-11-13/h1-9,11,18H,10H2,(H2,17,22). The molecule has 3 N–H and O–H groups in total. The van der Waals surface area contributed by atoms with E-state index in [0.717, 1.165) is 11.3 Å². The van der Waals surface area contributed by atoms with Crippen LogP contribution in [0.25, 0.3) is 5.70 Å². The molecule has 0 saturated heterocycles. The third kappa shape index (κ3) is 2.95. The number of benzene rings is 1. The lowest BCUT2D eigenvalue weighted by atomic mass is 10.1. The molecular formula is C16H15N5O. The van der Waals surface area contributed by atoms with E-state index in [2.05, 4.69) is 15.4 Å². The normalized spacial score (nSPS) is 13.4. The fraction of sp³-hybridized carbons (Fsp3) is 0.0625. The summed E-state index contributed by atoms with van der Waals surface area (Å²) in [6.45, 7) is 0. The zero-order valence-corrected chi connectivity index (χ0v) is 11.8. The number of aromatic nitrogens is 3. The third-order valence-electron chi connectivity index (χ3n) is 3.15. The molecule has 1 amide bonds. The van der Waals surface area contributed by atoms with Crippen LogP contribution in [-0.2, 0) is 6.42 Å². The van der Waals surface area contributed by atoms with E-state index in [1.807, 2.05) is 48.6 Å². The van der Waals surface area contributed by atoms with Crippen molar-refractivity contribution in [1.82, 2.24) is 20.1 Å². The van der Waals surface area contributed by atoms with Crippen LogP contribution < -0.4 is 11.1 Å². The van der Waals surface area contributed by atoms with Gasteiger partial charge in [0.25, 0.3) is 5.91 Å². The largest absolute Gasteiger partial charge is 0.366 e. The molecule has 3 rings (SSSR count). The van der Waals surface area contributed by atoms with Crippen molar-refractivity contribution in [1.29, 1.82) is 0 Å². The molecule has 110 valence electrons. The minimum Gasteiger partial charge on any atom is -0.366 e. The van der Waals surface area contributed by atoms with E-state index in [1.54, 1.807) is 17.1 Å². The van der Waals surface area contributed by atoms with Crippen molar-refractivity contribution < 1.29 is 4.79 Å². The number of allylic oxidation sites excluding steroid dienone is 4. The molecule has 0 bridgehead atoms. The molecular weight excluding hydrogens is 278 g/mol. The van der Waals surface area contributed by atoms with Crippen molar-refractivity contribution >= 4 is 11.6 Å². The molecule has 2 heterocycles. The Morgan fingerprint density at radius 2 is 2.05 bits per heavy atom. The highest BCUT2D eigenvalue weighted by Gasteiger charge is 2.16. The highest BCUT2D eigenvalue weighted by Crippen LogP contribution is 2.14. The zero-order valence-electron chi connectivity index (χ0n) is 11.8. The summed E-state index contributed by atoms with van der Waals surface area (Å²) in [4.78, 5) is 15.7. The Labute approximate surface area is 127 Å². The average molecular weight is 293 g/mol. The minimum absolute atomic E-state index is 0.0115. The number of nitrogens with one attached hydrogen (secondary N) is 1. The van der Waals surface area contributed by atoms with E-state index in [0.29, 0.717) is 12.2 Å². The van der Waals surface area contributed by atoms with Gasteiger partial charge in [0.05, 0.1) is 5.70 Å². The molecule has 0 unspecified atom stereocenters. The fourth-order valence-electron chi connectivity index (χ4n) is 2.13. The lowest BCUT2D eigenvalue weighted by Gasteiger charge is -2.06. The number of carbonyl (C=O) groups is 1. The topological polar surface area (TPSA) is 85.8 Å². The Balaban J connectivity index is 2.00. The molecule has 1 aromatic carbocycles. The molecule has 2 aromatic rings. The van der Waals surface area contributed by atoms with Gasteiger partial charge in [0, 0.05) is 18.8 Å². The van der Waals surface area contributed by atoms with Crippen molar-refractivity contribution in [3.63, 3.8) is 0 Å². The number of nitrogens with zero attached hydrogens (tertiary/aromatic N) is 3. The first-order chi connectivity index (χ1) is 10.7. The van der Waals surface area contributed by atoms with Crippen LogP contribution in [-0.4, -0.2) is 20.7 Å². The number of hydrogen-bond acceptors (Lipinski definition) is 4. The molecule has 0 aliphatic carbocycles. The van der Waals surface area contributed by atoms with Crippen LogP contribution in [0.1, 0.15) is 22.0 Å². The molecule has 0 spiro atoms. The molecule has 22 heavy (non-hydrogen) atoms. The molecule has 1 aromatic heterocycles. The third-order valence-corrected chi connectivity index (χ3v) is 3.15. The number of hydrogen-bond donors (Lipinski definition) is 2. The van der Waals surface area contributed by atoms with E-state index in [9.17, 15) is 4.79 Å². The number of carbonyl (C=O) groups excluding carboxylic acids is 1. The summed E-state index contributed by atoms with van der Waals surface area (Å²) in [5, 5.41) is 7.23. The van der Waals surface area contributed by atoms with Crippen molar-refractivity contribution in [3.05, 3.63) is 78.2 Å². The lowest BCUT2D eigenvalue weighted by molar-refractivity contribution is 0.0990. The van der Waals surface area contributed by atoms with Gasteiger partial charge < -0.3 is 11.1 Å². The Morgan fingerprint density at radius 3 is 2.82 bits per heavy atom. The van der Waals surface area contributed by atoms with Gasteiger partial charge in [-0.3, -0.25) is 4.79 Å². The maximum absolute atomic E-state index is 11.4. The molecule has 1 aliphatic heterocycles. The van der Waals surface area contributed by atoms with Gasteiger partial charge in [0.15, 0.2) is 0 Å². The monoisotopic (exact) mass is 293 g/mol. The highest BCUT2D eigenvalue weighted by molar-refractivity contribution is 5.88. The summed E-state index contributed by atoms with van der Waals surface area (Å²) in [5.41, 5.74) is 7.16. The summed E-state index contributed by atoms with van der Waals surface area (Å²) in [6, 6.07) is 9.87. The Kier molecular flexibility index (Phi) is 3.82. The Bertz CT molecular complexity index is 771. The predicted octanol–water partition coefficient (Wildman–Crippen LogP) is 1.44. The molecule has 1 aliphatic rings. The Hall–Kier alpha value is -3.15. The van der Waals surface area contributed by atoms with Gasteiger partial charge in [-0.15, -0.1) is 5.10 Å². The van der Waals surface area contributed by atoms with Gasteiger partial charge in [-0.25, -0.2) is 9.67 Å². The van der Waals surface area contributed by atoms with Crippen LogP contribution >= 0.6 is 0 Å². The first-order valence-corrected chi connectivity index (χ1v) is 6.83. The molecule has 6 heteroatoms. The second-order valence-electron chi connectivity index (χ2n) is 4.74. The van der Waals surface area contributed by atoms with Crippen LogP contribution in [0.15, 0.2) is 61.0 Å². The van der Waals surface area contributed by atoms with Crippen molar-refractivity contribution in [3.8, 4) is 0 Å². The summed E-state index contributed by atoms with van der Waals surface area (Å²) in [7, 11) is 0. The van der Waals surface area contributed by atoms with Crippen LogP contribution in [0.2, 0.25) is 0 Å². The van der Waals surface area contributed by atoms with Crippen molar-refractivity contribution in [2.24, 2.45) is 5.73 Å². The molecule has 0 saturated carbocycles. The summed E-state index contributed by atoms with van der Waals surface area (Å²) in [6.07, 6.45) is 9.76. The maximum atomic E-state index is 11.4. The van der Waals surface area contributed by atoms with E-state index in [4.69, 9.17) is 5.73 Å². The minimum atomic E-state index is -0.641. The number of amides is 1. The molecule has 0 radical (unpaired) electrons. The Morgan fingerprint density at radius 1 is 1.23 bits per heavy atom. The quantitative estimate of drug-likeness (QED) is 0.893. The molecule has 0 fully saturated rings. The lowest BCUT2D eigenvalue weighted by Crippen LogP contribution is -2.13. The van der Waals surface area contributed by atoms with Crippen molar-refractivity contribution in [2.45, 2.75) is 6.42 Å². The van der Waals surface area contributed by atoms with E-state index < -0.39 is 5.91 Å². The zero-order chi connectivity index (χ0) is 15.4. The predicted molar refractivity (Wildman–Crippen MR) is 83.5 cm³/mol. The number of primary amides is 1. The highest BCUT2D eigenvalue weighted by atomic mass is 16.1. The molecule has 0 atom stereocenters. The average Bonchev–Trinajstić information content (AvgIpc) is 2.76. The summed E-state index contributed by atoms with van der Waals surface area (Å²) in [5.74, 6) is 0.0226. The fourth-order valence-corrected chi connectivity index (χ4v) is 2.13. The van der Waals surface area contributed by atoms with Gasteiger partial charge in [-0.2, -0.15) is 0 Å². The van der Waals surface area contributed by atoms with E-state index >= 15 is 0 Å². The second kappa shape index (κ2) is 6.09. The summed E-state index contributed by atoms with van der Waals surface area (Å²) < 4.78 is 1.63. The summed E-state index contributed by atoms with van der Waals surface area (Å²) >= 11 is 0. The number of nitrogens with two attached hydrogens (primary N) is 1. The van der Waals surface area contributed by atoms with Crippen LogP contribution in [0.3, 0.4) is 0 Å². The van der Waals surface area contributed by atoms with Crippen LogP contribution in [0, 0.1) is 0 Å². The van der Waals surface area contributed by atoms with Crippen molar-refractivity contribution in [2.75, 3.05) is 0 Å². The van der Waals surface area contributed by atoms with Gasteiger partial charge >= 0.3 is 0 Å². The first-order valence-electron chi connectivity index (χ1n) is 6.83. The van der Waals surface area contributed by atoms with Gasteiger partial charge in [-0.05, 0) is 17.7 Å². The second-order valence-corrected chi connectivity index (χ2v) is 4.74. The van der Waals surface area contributed by atoms with E-state index in [1.165, 1.54) is 0 Å². The number of rotatable bonds is 4. The van der Waals surface area contributed by atoms with Crippen LogP contribution in [0.4, 0.5) is 0 Å². The maximum Gasteiger partial charge on any atom is 0.288 e. The SMILES string of the molecule is NC(=O)c1nc(Cc2ccccc2)n(C2=CNC=CC=C2)n1. The van der Waals surface area contributed by atoms with Crippen LogP contribution in [0.5, 0.6) is 0 Å². The smallest absolute Gasteiger partial charge is 0.288 e. The van der Waals surface area contributed by atoms with Gasteiger partial charge in [0.1, 0.15) is 5.82 Å². The molecule has 6 nitrogen and oxygen atoms in total. The van der Waals surface area contributed by atoms with Gasteiger partial charge in [-0.1, -0.05) is 36.4 Å².